The highest BCUT2D eigenvalue weighted by Gasteiger charge is 2.36. The van der Waals surface area contributed by atoms with Crippen LogP contribution in [0.4, 0.5) is 5.69 Å². The fraction of sp³-hybridized carbons (Fsp3) is 0.381. The number of nitrogens with one attached hydrogen (secondary N) is 2. The van der Waals surface area contributed by atoms with Crippen LogP contribution >= 0.6 is 0 Å². The lowest BCUT2D eigenvalue weighted by Crippen LogP contribution is -2.50. The summed E-state index contributed by atoms with van der Waals surface area (Å²) in [5.74, 6) is -0.228. The first-order valence-electron chi connectivity index (χ1n) is 9.60. The highest BCUT2D eigenvalue weighted by Crippen LogP contribution is 2.32. The van der Waals surface area contributed by atoms with Gasteiger partial charge in [-0.15, -0.1) is 0 Å². The Balaban J connectivity index is 1.56. The lowest BCUT2D eigenvalue weighted by Gasteiger charge is -2.38. The van der Waals surface area contributed by atoms with Crippen molar-refractivity contribution in [3.63, 3.8) is 0 Å². The van der Waals surface area contributed by atoms with Crippen LogP contribution in [0, 0.1) is 0 Å². The molecule has 0 saturated carbocycles. The summed E-state index contributed by atoms with van der Waals surface area (Å²) in [5, 5.41) is 6.03. The van der Waals surface area contributed by atoms with Gasteiger partial charge >= 0.3 is 0 Å². The Bertz CT molecular complexity index is 850. The maximum Gasteiger partial charge on any atom is 0.270 e. The predicted octanol–water partition coefficient (Wildman–Crippen LogP) is 1.45. The first-order chi connectivity index (χ1) is 13.7. The third-order valence-electron chi connectivity index (χ3n) is 5.41. The van der Waals surface area contributed by atoms with Crippen LogP contribution in [0.25, 0.3) is 0 Å². The van der Waals surface area contributed by atoms with E-state index in [1.807, 2.05) is 41.3 Å². The molecule has 4 rings (SSSR count). The van der Waals surface area contributed by atoms with E-state index in [1.165, 1.54) is 0 Å². The molecule has 2 fully saturated rings. The largest absolute Gasteiger partial charge is 0.381 e. The van der Waals surface area contributed by atoms with Gasteiger partial charge in [-0.25, -0.2) is 0 Å². The molecule has 0 aliphatic carbocycles. The molecule has 0 atom stereocenters. The van der Waals surface area contributed by atoms with E-state index < -0.39 is 5.54 Å². The fourth-order valence-corrected chi connectivity index (χ4v) is 3.84. The van der Waals surface area contributed by atoms with Gasteiger partial charge in [0.2, 0.25) is 5.91 Å². The Morgan fingerprint density at radius 3 is 2.71 bits per heavy atom. The first-order valence-corrected chi connectivity index (χ1v) is 9.60. The highest BCUT2D eigenvalue weighted by molar-refractivity contribution is 5.94. The summed E-state index contributed by atoms with van der Waals surface area (Å²) < 4.78 is 5.53. The van der Waals surface area contributed by atoms with E-state index in [1.54, 1.807) is 12.3 Å². The molecule has 2 aliphatic heterocycles. The molecule has 7 heteroatoms. The SMILES string of the molecule is O=C1CN(c2ccnc(C(=O)NC3(c4ccccc4)CCOCC3)c2)CCN1. The number of carbonyl (C=O) groups excluding carboxylic acids is 2. The number of piperazine rings is 1. The lowest BCUT2D eigenvalue weighted by atomic mass is 9.82. The van der Waals surface area contributed by atoms with Crippen LogP contribution in [0.2, 0.25) is 0 Å². The molecule has 7 nitrogen and oxygen atoms in total. The fourth-order valence-electron chi connectivity index (χ4n) is 3.84. The molecular formula is C21H24N4O3. The zero-order valence-electron chi connectivity index (χ0n) is 15.7. The van der Waals surface area contributed by atoms with Gasteiger partial charge in [-0.05, 0) is 30.5 Å². The summed E-state index contributed by atoms with van der Waals surface area (Å²) in [6.45, 7) is 2.80. The minimum Gasteiger partial charge on any atom is -0.381 e. The van der Waals surface area contributed by atoms with Gasteiger partial charge in [0, 0.05) is 38.2 Å². The zero-order chi connectivity index (χ0) is 19.4. The van der Waals surface area contributed by atoms with Crippen LogP contribution in [-0.2, 0) is 15.1 Å². The summed E-state index contributed by atoms with van der Waals surface area (Å²) in [7, 11) is 0. The van der Waals surface area contributed by atoms with Crippen LogP contribution in [0.5, 0.6) is 0 Å². The van der Waals surface area contributed by atoms with Gasteiger partial charge in [-0.1, -0.05) is 30.3 Å². The van der Waals surface area contributed by atoms with Gasteiger partial charge in [-0.2, -0.15) is 0 Å². The molecule has 28 heavy (non-hydrogen) atoms. The number of rotatable bonds is 4. The molecule has 2 N–H and O–H groups in total. The molecule has 0 unspecified atom stereocenters. The normalized spacial score (nSPS) is 19.0. The molecule has 2 amide bonds. The summed E-state index contributed by atoms with van der Waals surface area (Å²) in [5.41, 5.74) is 1.80. The standard InChI is InChI=1S/C21H24N4O3/c26-19-15-25(11-10-23-19)17-6-9-22-18(14-17)20(27)24-21(7-12-28-13-8-21)16-4-2-1-3-5-16/h1-6,9,14H,7-8,10-13,15H2,(H,23,26)(H,24,27). The Morgan fingerprint density at radius 1 is 1.18 bits per heavy atom. The number of amides is 2. The van der Waals surface area contributed by atoms with Crippen molar-refractivity contribution in [3.8, 4) is 0 Å². The molecule has 0 spiro atoms. The van der Waals surface area contributed by atoms with Crippen molar-refractivity contribution in [1.29, 1.82) is 0 Å². The third kappa shape index (κ3) is 3.84. The van der Waals surface area contributed by atoms with E-state index in [4.69, 9.17) is 4.74 Å². The van der Waals surface area contributed by atoms with Gasteiger partial charge in [0.1, 0.15) is 5.69 Å². The first kappa shape index (κ1) is 18.4. The summed E-state index contributed by atoms with van der Waals surface area (Å²) >= 11 is 0. The summed E-state index contributed by atoms with van der Waals surface area (Å²) in [6, 6.07) is 13.6. The van der Waals surface area contributed by atoms with Gasteiger partial charge in [0.25, 0.3) is 5.91 Å². The van der Waals surface area contributed by atoms with E-state index in [2.05, 4.69) is 15.6 Å². The second kappa shape index (κ2) is 7.98. The van der Waals surface area contributed by atoms with Crippen molar-refractivity contribution in [2.75, 3.05) is 37.7 Å². The van der Waals surface area contributed by atoms with Crippen molar-refractivity contribution in [2.24, 2.45) is 0 Å². The monoisotopic (exact) mass is 380 g/mol. The number of carbonyl (C=O) groups is 2. The maximum absolute atomic E-state index is 13.1. The molecule has 146 valence electrons. The van der Waals surface area contributed by atoms with Crippen LogP contribution in [0.15, 0.2) is 48.7 Å². The highest BCUT2D eigenvalue weighted by atomic mass is 16.5. The van der Waals surface area contributed by atoms with E-state index in [0.29, 0.717) is 32.0 Å². The number of pyridine rings is 1. The molecular weight excluding hydrogens is 356 g/mol. The van der Waals surface area contributed by atoms with E-state index >= 15 is 0 Å². The van der Waals surface area contributed by atoms with Crippen LogP contribution in [-0.4, -0.2) is 49.6 Å². The van der Waals surface area contributed by atoms with Gasteiger partial charge in [0.15, 0.2) is 0 Å². The molecule has 2 saturated heterocycles. The van der Waals surface area contributed by atoms with Gasteiger partial charge < -0.3 is 20.3 Å². The number of nitrogens with zero attached hydrogens (tertiary/aromatic N) is 2. The molecule has 2 aromatic rings. The second-order valence-electron chi connectivity index (χ2n) is 7.19. The number of hydrogen-bond donors (Lipinski definition) is 2. The third-order valence-corrected chi connectivity index (χ3v) is 5.41. The van der Waals surface area contributed by atoms with Crippen LogP contribution in [0.3, 0.4) is 0 Å². The van der Waals surface area contributed by atoms with Gasteiger partial charge in [0.05, 0.1) is 12.1 Å². The van der Waals surface area contributed by atoms with Crippen molar-refractivity contribution < 1.29 is 14.3 Å². The van der Waals surface area contributed by atoms with E-state index in [0.717, 1.165) is 24.1 Å². The zero-order valence-corrected chi connectivity index (χ0v) is 15.7. The van der Waals surface area contributed by atoms with Gasteiger partial charge in [-0.3, -0.25) is 14.6 Å². The van der Waals surface area contributed by atoms with E-state index in [9.17, 15) is 9.59 Å². The average Bonchev–Trinajstić information content (AvgIpc) is 2.75. The quantitative estimate of drug-likeness (QED) is 0.839. The molecule has 1 aromatic carbocycles. The number of ether oxygens (including phenoxy) is 1. The average molecular weight is 380 g/mol. The number of aromatic nitrogens is 1. The predicted molar refractivity (Wildman–Crippen MR) is 105 cm³/mol. The number of benzene rings is 1. The minimum atomic E-state index is -0.459. The molecule has 2 aliphatic rings. The summed E-state index contributed by atoms with van der Waals surface area (Å²) in [6.07, 6.45) is 3.05. The Kier molecular flexibility index (Phi) is 5.25. The molecule has 1 aromatic heterocycles. The maximum atomic E-state index is 13.1. The van der Waals surface area contributed by atoms with Crippen molar-refractivity contribution in [1.82, 2.24) is 15.6 Å². The number of anilines is 1. The van der Waals surface area contributed by atoms with Crippen molar-refractivity contribution in [3.05, 3.63) is 59.9 Å². The van der Waals surface area contributed by atoms with E-state index in [-0.39, 0.29) is 18.4 Å². The molecule has 0 radical (unpaired) electrons. The number of hydrogen-bond acceptors (Lipinski definition) is 5. The summed E-state index contributed by atoms with van der Waals surface area (Å²) in [4.78, 5) is 31.0. The lowest BCUT2D eigenvalue weighted by molar-refractivity contribution is -0.120. The smallest absolute Gasteiger partial charge is 0.270 e. The Morgan fingerprint density at radius 2 is 1.96 bits per heavy atom. The van der Waals surface area contributed by atoms with Crippen LogP contribution in [0.1, 0.15) is 28.9 Å². The Hall–Kier alpha value is -2.93. The topological polar surface area (TPSA) is 83.6 Å². The van der Waals surface area contributed by atoms with Crippen molar-refractivity contribution >= 4 is 17.5 Å². The minimum absolute atomic E-state index is 0.0145. The molecule has 3 heterocycles. The second-order valence-corrected chi connectivity index (χ2v) is 7.19. The Labute approximate surface area is 164 Å². The van der Waals surface area contributed by atoms with Crippen LogP contribution < -0.4 is 15.5 Å². The molecule has 0 bridgehead atoms. The van der Waals surface area contributed by atoms with Crippen molar-refractivity contribution in [2.45, 2.75) is 18.4 Å².